The molecule has 0 radical (unpaired) electrons. The number of para-hydroxylation sites is 1. The Labute approximate surface area is 174 Å². The quantitative estimate of drug-likeness (QED) is 0.547. The van der Waals surface area contributed by atoms with Crippen molar-refractivity contribution >= 4 is 5.91 Å². The van der Waals surface area contributed by atoms with Gasteiger partial charge >= 0.3 is 0 Å². The van der Waals surface area contributed by atoms with Gasteiger partial charge in [0.1, 0.15) is 12.4 Å². The van der Waals surface area contributed by atoms with Crippen LogP contribution in [-0.4, -0.2) is 68.3 Å². The van der Waals surface area contributed by atoms with Crippen molar-refractivity contribution in [2.75, 3.05) is 52.5 Å². The Hall–Kier alpha value is -2.37. The van der Waals surface area contributed by atoms with E-state index in [2.05, 4.69) is 29.2 Å². The van der Waals surface area contributed by atoms with Crippen molar-refractivity contribution in [2.45, 2.75) is 19.3 Å². The molecule has 1 aliphatic heterocycles. The monoisotopic (exact) mass is 396 g/mol. The highest BCUT2D eigenvalue weighted by atomic mass is 16.5. The molecular formula is C24H32N2O3. The third-order valence-corrected chi connectivity index (χ3v) is 5.22. The standard InChI is InChI=1S/C24H32N2O3/c27-24(13-7-10-22-8-3-1-4-9-22)26-16-14-25(15-17-26)18-19-28-20-21-29-23-11-5-2-6-12-23/h1-6,8-9,11-12H,7,10,13-21H2. The number of carbonyl (C=O) groups is 1. The summed E-state index contributed by atoms with van der Waals surface area (Å²) in [6, 6.07) is 20.2. The topological polar surface area (TPSA) is 42.0 Å². The summed E-state index contributed by atoms with van der Waals surface area (Å²) in [6.07, 6.45) is 2.53. The van der Waals surface area contributed by atoms with Crippen molar-refractivity contribution in [2.24, 2.45) is 0 Å². The number of amides is 1. The van der Waals surface area contributed by atoms with Crippen molar-refractivity contribution in [1.29, 1.82) is 0 Å². The van der Waals surface area contributed by atoms with Crippen LogP contribution in [0.2, 0.25) is 0 Å². The SMILES string of the molecule is O=C(CCCc1ccccc1)N1CCN(CCOCCOc2ccccc2)CC1. The zero-order valence-corrected chi connectivity index (χ0v) is 17.2. The van der Waals surface area contributed by atoms with Crippen LogP contribution in [0.3, 0.4) is 0 Å². The molecule has 3 rings (SSSR count). The van der Waals surface area contributed by atoms with Crippen molar-refractivity contribution < 1.29 is 14.3 Å². The van der Waals surface area contributed by atoms with Gasteiger partial charge in [-0.2, -0.15) is 0 Å². The van der Waals surface area contributed by atoms with E-state index in [1.54, 1.807) is 0 Å². The lowest BCUT2D eigenvalue weighted by molar-refractivity contribution is -0.133. The fourth-order valence-corrected chi connectivity index (χ4v) is 3.50. The Morgan fingerprint density at radius 1 is 0.828 bits per heavy atom. The zero-order valence-electron chi connectivity index (χ0n) is 17.2. The predicted octanol–water partition coefficient (Wildman–Crippen LogP) is 3.25. The molecule has 0 atom stereocenters. The third kappa shape index (κ3) is 7.87. The van der Waals surface area contributed by atoms with Crippen LogP contribution in [0.1, 0.15) is 18.4 Å². The van der Waals surface area contributed by atoms with Crippen LogP contribution in [0.25, 0.3) is 0 Å². The Morgan fingerprint density at radius 3 is 2.24 bits per heavy atom. The summed E-state index contributed by atoms with van der Waals surface area (Å²) in [5.74, 6) is 1.16. The molecule has 0 aromatic heterocycles. The molecule has 5 heteroatoms. The highest BCUT2D eigenvalue weighted by Crippen LogP contribution is 2.09. The smallest absolute Gasteiger partial charge is 0.222 e. The fourth-order valence-electron chi connectivity index (χ4n) is 3.50. The molecule has 1 heterocycles. The van der Waals surface area contributed by atoms with E-state index in [1.807, 2.05) is 41.3 Å². The average Bonchev–Trinajstić information content (AvgIpc) is 2.78. The van der Waals surface area contributed by atoms with E-state index in [0.29, 0.717) is 26.2 Å². The largest absolute Gasteiger partial charge is 0.491 e. The second-order valence-electron chi connectivity index (χ2n) is 7.34. The highest BCUT2D eigenvalue weighted by Gasteiger charge is 2.20. The van der Waals surface area contributed by atoms with Crippen molar-refractivity contribution in [3.8, 4) is 5.75 Å². The molecule has 29 heavy (non-hydrogen) atoms. The molecule has 2 aromatic rings. The van der Waals surface area contributed by atoms with Crippen molar-refractivity contribution in [3.05, 3.63) is 66.2 Å². The predicted molar refractivity (Wildman–Crippen MR) is 115 cm³/mol. The Kier molecular flexibility index (Phi) is 9.01. The van der Waals surface area contributed by atoms with Gasteiger partial charge in [0.15, 0.2) is 0 Å². The van der Waals surface area contributed by atoms with Gasteiger partial charge in [-0.3, -0.25) is 9.69 Å². The lowest BCUT2D eigenvalue weighted by Gasteiger charge is -2.34. The third-order valence-electron chi connectivity index (χ3n) is 5.22. The minimum atomic E-state index is 0.287. The minimum absolute atomic E-state index is 0.287. The number of ether oxygens (including phenoxy) is 2. The minimum Gasteiger partial charge on any atom is -0.491 e. The van der Waals surface area contributed by atoms with Crippen LogP contribution >= 0.6 is 0 Å². The molecule has 1 saturated heterocycles. The van der Waals surface area contributed by atoms with Crippen LogP contribution in [-0.2, 0) is 16.0 Å². The van der Waals surface area contributed by atoms with Gasteiger partial charge in [-0.05, 0) is 30.5 Å². The Morgan fingerprint density at radius 2 is 1.52 bits per heavy atom. The second-order valence-corrected chi connectivity index (χ2v) is 7.34. The maximum Gasteiger partial charge on any atom is 0.222 e. The van der Waals surface area contributed by atoms with Crippen molar-refractivity contribution in [3.63, 3.8) is 0 Å². The van der Waals surface area contributed by atoms with Gasteiger partial charge in [-0.15, -0.1) is 0 Å². The van der Waals surface area contributed by atoms with Crippen LogP contribution < -0.4 is 4.74 Å². The number of nitrogens with zero attached hydrogens (tertiary/aromatic N) is 2. The molecule has 0 unspecified atom stereocenters. The number of aryl methyl sites for hydroxylation is 1. The number of carbonyl (C=O) groups excluding carboxylic acids is 1. The number of piperazine rings is 1. The summed E-state index contributed by atoms with van der Waals surface area (Å²) in [5.41, 5.74) is 1.30. The summed E-state index contributed by atoms with van der Waals surface area (Å²) in [7, 11) is 0. The summed E-state index contributed by atoms with van der Waals surface area (Å²) in [5, 5.41) is 0. The molecule has 0 bridgehead atoms. The molecule has 0 saturated carbocycles. The van der Waals surface area contributed by atoms with Gasteiger partial charge in [0, 0.05) is 39.1 Å². The van der Waals surface area contributed by atoms with Crippen LogP contribution in [0.5, 0.6) is 5.75 Å². The van der Waals surface area contributed by atoms with Crippen molar-refractivity contribution in [1.82, 2.24) is 9.80 Å². The molecule has 1 fully saturated rings. The molecule has 1 aliphatic rings. The van der Waals surface area contributed by atoms with E-state index in [4.69, 9.17) is 9.47 Å². The van der Waals surface area contributed by atoms with Crippen LogP contribution in [0.4, 0.5) is 0 Å². The van der Waals surface area contributed by atoms with Gasteiger partial charge in [0.05, 0.1) is 13.2 Å². The molecule has 0 aliphatic carbocycles. The first-order chi connectivity index (χ1) is 14.3. The van der Waals surface area contributed by atoms with Crippen LogP contribution in [0, 0.1) is 0 Å². The molecular weight excluding hydrogens is 364 g/mol. The Balaban J connectivity index is 1.20. The summed E-state index contributed by atoms with van der Waals surface area (Å²) in [4.78, 5) is 16.8. The van der Waals surface area contributed by atoms with Gasteiger partial charge in [-0.25, -0.2) is 0 Å². The molecule has 5 nitrogen and oxygen atoms in total. The molecule has 1 amide bonds. The maximum absolute atomic E-state index is 12.4. The lowest BCUT2D eigenvalue weighted by atomic mass is 10.1. The molecule has 2 aromatic carbocycles. The summed E-state index contributed by atoms with van der Waals surface area (Å²) < 4.78 is 11.3. The van der Waals surface area contributed by atoms with Crippen LogP contribution in [0.15, 0.2) is 60.7 Å². The first kappa shape index (κ1) is 21.3. The maximum atomic E-state index is 12.4. The van der Waals surface area contributed by atoms with Gasteiger partial charge < -0.3 is 14.4 Å². The average molecular weight is 397 g/mol. The van der Waals surface area contributed by atoms with Gasteiger partial charge in [0.2, 0.25) is 5.91 Å². The van der Waals surface area contributed by atoms with E-state index >= 15 is 0 Å². The van der Waals surface area contributed by atoms with Gasteiger partial charge in [-0.1, -0.05) is 48.5 Å². The Bertz CT molecular complexity index is 701. The number of hydrogen-bond acceptors (Lipinski definition) is 4. The summed E-state index contributed by atoms with van der Waals surface area (Å²) >= 11 is 0. The van der Waals surface area contributed by atoms with E-state index in [0.717, 1.165) is 51.3 Å². The lowest BCUT2D eigenvalue weighted by Crippen LogP contribution is -2.49. The first-order valence-corrected chi connectivity index (χ1v) is 10.6. The zero-order chi connectivity index (χ0) is 20.2. The normalized spacial score (nSPS) is 14.7. The molecule has 156 valence electrons. The highest BCUT2D eigenvalue weighted by molar-refractivity contribution is 5.76. The number of rotatable bonds is 11. The van der Waals surface area contributed by atoms with E-state index in [9.17, 15) is 4.79 Å². The fraction of sp³-hybridized carbons (Fsp3) is 0.458. The number of hydrogen-bond donors (Lipinski definition) is 0. The van der Waals surface area contributed by atoms with E-state index < -0.39 is 0 Å². The van der Waals surface area contributed by atoms with E-state index in [1.165, 1.54) is 5.56 Å². The second kappa shape index (κ2) is 12.2. The molecule has 0 spiro atoms. The van der Waals surface area contributed by atoms with E-state index in [-0.39, 0.29) is 5.91 Å². The number of benzene rings is 2. The van der Waals surface area contributed by atoms with Gasteiger partial charge in [0.25, 0.3) is 0 Å². The molecule has 0 N–H and O–H groups in total. The first-order valence-electron chi connectivity index (χ1n) is 10.6. The summed E-state index contributed by atoms with van der Waals surface area (Å²) in [6.45, 7) is 6.25.